The lowest BCUT2D eigenvalue weighted by molar-refractivity contribution is -0.143. The predicted molar refractivity (Wildman–Crippen MR) is 117 cm³/mol. The van der Waals surface area contributed by atoms with Crippen LogP contribution in [0, 0.1) is 23.3 Å². The van der Waals surface area contributed by atoms with Gasteiger partial charge in [0.05, 0.1) is 6.21 Å². The van der Waals surface area contributed by atoms with E-state index in [0.29, 0.717) is 11.3 Å². The van der Waals surface area contributed by atoms with Gasteiger partial charge in [-0.15, -0.1) is 0 Å². The van der Waals surface area contributed by atoms with Crippen LogP contribution in [-0.2, 0) is 12.8 Å². The zero-order valence-electron chi connectivity index (χ0n) is 17.6. The second-order valence-electron chi connectivity index (χ2n) is 7.34. The first-order chi connectivity index (χ1) is 16.7. The number of anilines is 1. The second-order valence-corrected chi connectivity index (χ2v) is 7.34. The summed E-state index contributed by atoms with van der Waals surface area (Å²) in [6.07, 6.45) is -4.58. The number of para-hydroxylation sites is 1. The van der Waals surface area contributed by atoms with E-state index >= 15 is 0 Å². The summed E-state index contributed by atoms with van der Waals surface area (Å²) in [5.74, 6) is -9.33. The molecule has 0 aliphatic carbocycles. The Morgan fingerprint density at radius 1 is 0.771 bits per heavy atom. The molecule has 3 nitrogen and oxygen atoms in total. The third kappa shape index (κ3) is 4.91. The molecule has 0 aliphatic heterocycles. The summed E-state index contributed by atoms with van der Waals surface area (Å²) in [5, 5.41) is 5.53. The Kier molecular flexibility index (Phi) is 6.63. The number of nitrogens with zero attached hydrogens (tertiary/aromatic N) is 1. The van der Waals surface area contributed by atoms with Crippen molar-refractivity contribution in [3.8, 4) is 5.75 Å². The standard InChI is InChI=1S/C25H15F7N2O/c26-20-19(25(30,31)32)21(27)23(29)24(22(20)28)34-33-12-15-7-2-4-11-18(15)35-13-16-9-5-8-14-6-1-3-10-17(14)16/h1-12,34H,13H2. The number of alkyl halides is 3. The van der Waals surface area contributed by atoms with E-state index in [9.17, 15) is 30.7 Å². The number of halogens is 7. The predicted octanol–water partition coefficient (Wildman–Crippen LogP) is 7.44. The van der Waals surface area contributed by atoms with Gasteiger partial charge in [0.2, 0.25) is 0 Å². The smallest absolute Gasteiger partial charge is 0.422 e. The molecular weight excluding hydrogens is 477 g/mol. The Bertz CT molecular complexity index is 1380. The molecule has 0 aromatic heterocycles. The largest absolute Gasteiger partial charge is 0.488 e. The van der Waals surface area contributed by atoms with Crippen molar-refractivity contribution in [2.45, 2.75) is 12.8 Å². The van der Waals surface area contributed by atoms with Gasteiger partial charge >= 0.3 is 6.18 Å². The third-order valence-corrected chi connectivity index (χ3v) is 5.11. The van der Waals surface area contributed by atoms with Crippen LogP contribution >= 0.6 is 0 Å². The van der Waals surface area contributed by atoms with Gasteiger partial charge in [0.25, 0.3) is 0 Å². The molecule has 35 heavy (non-hydrogen) atoms. The molecule has 0 unspecified atom stereocenters. The fraction of sp³-hybridized carbons (Fsp3) is 0.0800. The van der Waals surface area contributed by atoms with Gasteiger partial charge in [-0.3, -0.25) is 5.43 Å². The molecule has 1 N–H and O–H groups in total. The summed E-state index contributed by atoms with van der Waals surface area (Å²) < 4.78 is 99.6. The van der Waals surface area contributed by atoms with Crippen LogP contribution in [0.5, 0.6) is 5.75 Å². The number of rotatable bonds is 6. The van der Waals surface area contributed by atoms with Crippen molar-refractivity contribution in [1.29, 1.82) is 0 Å². The van der Waals surface area contributed by atoms with Crippen LogP contribution in [0.3, 0.4) is 0 Å². The maximum absolute atomic E-state index is 14.0. The van der Waals surface area contributed by atoms with E-state index in [-0.39, 0.29) is 6.61 Å². The van der Waals surface area contributed by atoms with Gasteiger partial charge in [0.15, 0.2) is 23.3 Å². The van der Waals surface area contributed by atoms with Crippen molar-refractivity contribution >= 4 is 22.7 Å². The first-order valence-electron chi connectivity index (χ1n) is 10.1. The number of fused-ring (bicyclic) bond motifs is 1. The molecule has 0 spiro atoms. The fourth-order valence-electron chi connectivity index (χ4n) is 3.44. The zero-order valence-corrected chi connectivity index (χ0v) is 17.6. The molecule has 0 saturated heterocycles. The van der Waals surface area contributed by atoms with E-state index in [0.717, 1.165) is 22.6 Å². The third-order valence-electron chi connectivity index (χ3n) is 5.11. The quantitative estimate of drug-likeness (QED) is 0.131. The lowest BCUT2D eigenvalue weighted by Crippen LogP contribution is -2.16. The lowest BCUT2D eigenvalue weighted by atomic mass is 10.1. The van der Waals surface area contributed by atoms with Gasteiger partial charge in [0.1, 0.15) is 23.6 Å². The summed E-state index contributed by atoms with van der Waals surface area (Å²) in [7, 11) is 0. The van der Waals surface area contributed by atoms with Crippen LogP contribution in [-0.4, -0.2) is 6.21 Å². The van der Waals surface area contributed by atoms with Crippen LogP contribution in [0.15, 0.2) is 71.8 Å². The summed E-state index contributed by atoms with van der Waals surface area (Å²) in [6.45, 7) is 0.179. The fourth-order valence-corrected chi connectivity index (χ4v) is 3.44. The van der Waals surface area contributed by atoms with Crippen molar-refractivity contribution in [1.82, 2.24) is 0 Å². The maximum Gasteiger partial charge on any atom is 0.422 e. The Hall–Kier alpha value is -4.08. The number of hydrogen-bond acceptors (Lipinski definition) is 3. The highest BCUT2D eigenvalue weighted by molar-refractivity contribution is 5.86. The van der Waals surface area contributed by atoms with Gasteiger partial charge in [-0.25, -0.2) is 17.6 Å². The summed E-state index contributed by atoms with van der Waals surface area (Å²) in [6, 6.07) is 19.9. The molecule has 0 bridgehead atoms. The molecule has 4 aromatic carbocycles. The van der Waals surface area contributed by atoms with E-state index in [1.54, 1.807) is 29.7 Å². The Morgan fingerprint density at radius 2 is 1.40 bits per heavy atom. The van der Waals surface area contributed by atoms with Crippen LogP contribution in [0.4, 0.5) is 36.4 Å². The molecule has 0 fully saturated rings. The zero-order chi connectivity index (χ0) is 25.2. The van der Waals surface area contributed by atoms with E-state index in [1.165, 1.54) is 0 Å². The number of hydrogen-bond donors (Lipinski definition) is 1. The van der Waals surface area contributed by atoms with E-state index < -0.39 is 40.7 Å². The molecular formula is C25H15F7N2O. The monoisotopic (exact) mass is 492 g/mol. The van der Waals surface area contributed by atoms with Crippen molar-refractivity contribution < 1.29 is 35.5 Å². The van der Waals surface area contributed by atoms with Gasteiger partial charge in [-0.2, -0.15) is 18.3 Å². The van der Waals surface area contributed by atoms with Crippen molar-refractivity contribution in [2.75, 3.05) is 5.43 Å². The average molecular weight is 492 g/mol. The van der Waals surface area contributed by atoms with Crippen molar-refractivity contribution in [3.63, 3.8) is 0 Å². The molecule has 10 heteroatoms. The highest BCUT2D eigenvalue weighted by atomic mass is 19.4. The Morgan fingerprint density at radius 3 is 2.11 bits per heavy atom. The highest BCUT2D eigenvalue weighted by Gasteiger charge is 2.42. The van der Waals surface area contributed by atoms with Gasteiger partial charge in [0, 0.05) is 5.56 Å². The van der Waals surface area contributed by atoms with Crippen LogP contribution < -0.4 is 10.2 Å². The van der Waals surface area contributed by atoms with Crippen LogP contribution in [0.1, 0.15) is 16.7 Å². The topological polar surface area (TPSA) is 33.6 Å². The Labute approximate surface area is 194 Å². The SMILES string of the molecule is Fc1c(F)c(C(F)(F)F)c(F)c(F)c1NN=Cc1ccccc1OCc1cccc2ccccc12. The normalized spacial score (nSPS) is 11.9. The number of nitrogens with one attached hydrogen (secondary N) is 1. The average Bonchev–Trinajstić information content (AvgIpc) is 2.83. The summed E-state index contributed by atoms with van der Waals surface area (Å²) >= 11 is 0. The number of ether oxygens (including phenoxy) is 1. The molecule has 0 aliphatic rings. The lowest BCUT2D eigenvalue weighted by Gasteiger charge is -2.13. The molecule has 0 radical (unpaired) electrons. The molecule has 180 valence electrons. The minimum absolute atomic E-state index is 0.179. The molecule has 4 aromatic rings. The first kappa shape index (κ1) is 24.1. The molecule has 0 amide bonds. The van der Waals surface area contributed by atoms with Crippen LogP contribution in [0.2, 0.25) is 0 Å². The van der Waals surface area contributed by atoms with E-state index in [1.807, 2.05) is 42.5 Å². The number of benzene rings is 4. The summed E-state index contributed by atoms with van der Waals surface area (Å²) in [5.41, 5.74) is -1.20. The molecule has 4 rings (SSSR count). The second kappa shape index (κ2) is 9.65. The summed E-state index contributed by atoms with van der Waals surface area (Å²) in [4.78, 5) is 0. The minimum Gasteiger partial charge on any atom is -0.488 e. The molecule has 0 saturated carbocycles. The van der Waals surface area contributed by atoms with E-state index in [2.05, 4.69) is 5.10 Å². The van der Waals surface area contributed by atoms with Gasteiger partial charge < -0.3 is 4.74 Å². The van der Waals surface area contributed by atoms with Crippen LogP contribution in [0.25, 0.3) is 10.8 Å². The van der Waals surface area contributed by atoms with Crippen molar-refractivity contribution in [3.05, 3.63) is 107 Å². The van der Waals surface area contributed by atoms with Crippen molar-refractivity contribution in [2.24, 2.45) is 5.10 Å². The van der Waals surface area contributed by atoms with Gasteiger partial charge in [-0.05, 0) is 28.5 Å². The Balaban J connectivity index is 1.56. The van der Waals surface area contributed by atoms with E-state index in [4.69, 9.17) is 4.74 Å². The molecule has 0 heterocycles. The number of hydrazone groups is 1. The first-order valence-corrected chi connectivity index (χ1v) is 10.1. The maximum atomic E-state index is 14.0. The highest BCUT2D eigenvalue weighted by Crippen LogP contribution is 2.38. The molecule has 0 atom stereocenters. The minimum atomic E-state index is -5.63. The van der Waals surface area contributed by atoms with Gasteiger partial charge in [-0.1, -0.05) is 54.6 Å².